The van der Waals surface area contributed by atoms with Crippen molar-refractivity contribution in [1.82, 2.24) is 0 Å². The van der Waals surface area contributed by atoms with Crippen molar-refractivity contribution in [3.05, 3.63) is 23.3 Å². The summed E-state index contributed by atoms with van der Waals surface area (Å²) in [5.41, 5.74) is 2.31. The number of nitrogens with zero attached hydrogens (tertiary/aromatic N) is 1. The number of nitrogens with one attached hydrogen (secondary N) is 1. The molecule has 2 unspecified atom stereocenters. The van der Waals surface area contributed by atoms with Crippen LogP contribution >= 0.6 is 0 Å². The lowest BCUT2D eigenvalue weighted by atomic mass is 10.1. The summed E-state index contributed by atoms with van der Waals surface area (Å²) in [5.74, 6) is 0. The Hall–Kier alpha value is -1.54. The SMILES string of the molecule is Cc1cc(C)c2c(c1)NC(C)C(C#N)S2(=O)=O. The molecular formula is C12H14N2O2S. The van der Waals surface area contributed by atoms with Gasteiger partial charge in [0, 0.05) is 0 Å². The maximum atomic E-state index is 12.3. The summed E-state index contributed by atoms with van der Waals surface area (Å²) in [7, 11) is -3.55. The molecular weight excluding hydrogens is 236 g/mol. The summed E-state index contributed by atoms with van der Waals surface area (Å²) in [5, 5.41) is 11.1. The molecule has 90 valence electrons. The lowest BCUT2D eigenvalue weighted by molar-refractivity contribution is 0.577. The van der Waals surface area contributed by atoms with Crippen molar-refractivity contribution < 1.29 is 8.42 Å². The maximum Gasteiger partial charge on any atom is 0.198 e. The van der Waals surface area contributed by atoms with E-state index in [0.717, 1.165) is 5.56 Å². The van der Waals surface area contributed by atoms with Gasteiger partial charge in [0.25, 0.3) is 0 Å². The first-order valence-electron chi connectivity index (χ1n) is 5.39. The molecule has 0 amide bonds. The van der Waals surface area contributed by atoms with Crippen molar-refractivity contribution in [3.63, 3.8) is 0 Å². The van der Waals surface area contributed by atoms with Crippen molar-refractivity contribution in [2.75, 3.05) is 5.32 Å². The fourth-order valence-electron chi connectivity index (χ4n) is 2.34. The highest BCUT2D eigenvalue weighted by molar-refractivity contribution is 7.92. The molecule has 1 aromatic carbocycles. The van der Waals surface area contributed by atoms with Crippen LogP contribution in [-0.2, 0) is 9.84 Å². The van der Waals surface area contributed by atoms with Gasteiger partial charge in [-0.25, -0.2) is 8.42 Å². The summed E-state index contributed by atoms with van der Waals surface area (Å²) < 4.78 is 24.6. The predicted octanol–water partition coefficient (Wildman–Crippen LogP) is 1.78. The molecule has 0 saturated carbocycles. The van der Waals surface area contributed by atoms with E-state index < -0.39 is 21.1 Å². The molecule has 0 aromatic heterocycles. The van der Waals surface area contributed by atoms with Gasteiger partial charge in [0.1, 0.15) is 0 Å². The van der Waals surface area contributed by atoms with Crippen LogP contribution in [0.25, 0.3) is 0 Å². The third kappa shape index (κ3) is 1.69. The molecule has 5 heteroatoms. The van der Waals surface area contributed by atoms with Crippen molar-refractivity contribution >= 4 is 15.5 Å². The van der Waals surface area contributed by atoms with Crippen LogP contribution < -0.4 is 5.32 Å². The number of aryl methyl sites for hydroxylation is 2. The monoisotopic (exact) mass is 250 g/mol. The molecule has 0 radical (unpaired) electrons. The topological polar surface area (TPSA) is 70.0 Å². The fourth-order valence-corrected chi connectivity index (χ4v) is 4.27. The van der Waals surface area contributed by atoms with Gasteiger partial charge in [-0.2, -0.15) is 5.26 Å². The van der Waals surface area contributed by atoms with E-state index in [2.05, 4.69) is 5.32 Å². The van der Waals surface area contributed by atoms with Crippen molar-refractivity contribution in [1.29, 1.82) is 5.26 Å². The Kier molecular flexibility index (Phi) is 2.63. The highest BCUT2D eigenvalue weighted by Gasteiger charge is 2.39. The Balaban J connectivity index is 2.77. The summed E-state index contributed by atoms with van der Waals surface area (Å²) in [6, 6.07) is 5.12. The molecule has 2 atom stereocenters. The second-order valence-electron chi connectivity index (χ2n) is 4.49. The molecule has 1 heterocycles. The first-order chi connectivity index (χ1) is 7.87. The van der Waals surface area contributed by atoms with E-state index in [1.54, 1.807) is 13.8 Å². The smallest absolute Gasteiger partial charge is 0.198 e. The third-order valence-electron chi connectivity index (χ3n) is 3.00. The molecule has 0 bridgehead atoms. The number of hydrogen-bond acceptors (Lipinski definition) is 4. The number of sulfone groups is 1. The number of fused-ring (bicyclic) bond motifs is 1. The molecule has 1 aromatic rings. The van der Waals surface area contributed by atoms with Crippen molar-refractivity contribution in [2.45, 2.75) is 37.0 Å². The lowest BCUT2D eigenvalue weighted by Crippen LogP contribution is -2.41. The van der Waals surface area contributed by atoms with Crippen LogP contribution in [0, 0.1) is 25.2 Å². The molecule has 2 rings (SSSR count). The van der Waals surface area contributed by atoms with Crippen molar-refractivity contribution in [2.24, 2.45) is 0 Å². The Bertz CT molecular complexity index is 614. The molecule has 17 heavy (non-hydrogen) atoms. The number of benzene rings is 1. The normalized spacial score (nSPS) is 25.5. The van der Waals surface area contributed by atoms with Gasteiger partial charge in [0.15, 0.2) is 15.1 Å². The largest absolute Gasteiger partial charge is 0.379 e. The van der Waals surface area contributed by atoms with Crippen LogP contribution in [0.4, 0.5) is 5.69 Å². The fraction of sp³-hybridized carbons (Fsp3) is 0.417. The zero-order valence-corrected chi connectivity index (χ0v) is 10.8. The van der Waals surface area contributed by atoms with E-state index in [9.17, 15) is 8.42 Å². The van der Waals surface area contributed by atoms with E-state index in [-0.39, 0.29) is 4.90 Å². The van der Waals surface area contributed by atoms with Gasteiger partial charge in [-0.05, 0) is 38.0 Å². The molecule has 0 saturated heterocycles. The summed E-state index contributed by atoms with van der Waals surface area (Å²) in [6.45, 7) is 5.39. The van der Waals surface area contributed by atoms with Gasteiger partial charge in [-0.15, -0.1) is 0 Å². The Morgan fingerprint density at radius 3 is 2.59 bits per heavy atom. The number of anilines is 1. The van der Waals surface area contributed by atoms with E-state index in [4.69, 9.17) is 5.26 Å². The number of nitriles is 1. The maximum absolute atomic E-state index is 12.3. The minimum atomic E-state index is -3.55. The second-order valence-corrected chi connectivity index (χ2v) is 6.49. The van der Waals surface area contributed by atoms with Gasteiger partial charge in [0.05, 0.1) is 22.7 Å². The predicted molar refractivity (Wildman–Crippen MR) is 65.6 cm³/mol. The molecule has 0 aliphatic carbocycles. The lowest BCUT2D eigenvalue weighted by Gasteiger charge is -2.29. The van der Waals surface area contributed by atoms with Crippen LogP contribution in [0.5, 0.6) is 0 Å². The number of rotatable bonds is 0. The summed E-state index contributed by atoms with van der Waals surface area (Å²) >= 11 is 0. The first-order valence-corrected chi connectivity index (χ1v) is 6.94. The minimum Gasteiger partial charge on any atom is -0.379 e. The zero-order valence-electron chi connectivity index (χ0n) is 9.98. The Morgan fingerprint density at radius 2 is 2.00 bits per heavy atom. The molecule has 1 N–H and O–H groups in total. The molecule has 0 fully saturated rings. The summed E-state index contributed by atoms with van der Waals surface area (Å²) in [4.78, 5) is 0.271. The van der Waals surface area contributed by atoms with Gasteiger partial charge in [-0.1, -0.05) is 6.07 Å². The van der Waals surface area contributed by atoms with Gasteiger partial charge in [-0.3, -0.25) is 0 Å². The van der Waals surface area contributed by atoms with Crippen LogP contribution in [0.3, 0.4) is 0 Å². The van der Waals surface area contributed by atoms with Crippen LogP contribution in [0.15, 0.2) is 17.0 Å². The molecule has 1 aliphatic heterocycles. The highest BCUT2D eigenvalue weighted by Crippen LogP contribution is 2.35. The van der Waals surface area contributed by atoms with Crippen LogP contribution in [0.2, 0.25) is 0 Å². The van der Waals surface area contributed by atoms with Gasteiger partial charge >= 0.3 is 0 Å². The van der Waals surface area contributed by atoms with Gasteiger partial charge in [0.2, 0.25) is 0 Å². The number of hydrogen-bond donors (Lipinski definition) is 1. The van der Waals surface area contributed by atoms with Gasteiger partial charge < -0.3 is 5.32 Å². The van der Waals surface area contributed by atoms with Crippen LogP contribution in [0.1, 0.15) is 18.1 Å². The zero-order chi connectivity index (χ0) is 12.8. The van der Waals surface area contributed by atoms with E-state index >= 15 is 0 Å². The highest BCUT2D eigenvalue weighted by atomic mass is 32.2. The Morgan fingerprint density at radius 1 is 1.35 bits per heavy atom. The van der Waals surface area contributed by atoms with Crippen LogP contribution in [-0.4, -0.2) is 19.7 Å². The molecule has 0 spiro atoms. The third-order valence-corrected chi connectivity index (χ3v) is 5.30. The molecule has 1 aliphatic rings. The van der Waals surface area contributed by atoms with E-state index in [1.165, 1.54) is 0 Å². The van der Waals surface area contributed by atoms with E-state index in [0.29, 0.717) is 11.3 Å². The first kappa shape index (κ1) is 11.9. The average Bonchev–Trinajstić information content (AvgIpc) is 2.14. The Labute approximate surface area is 101 Å². The summed E-state index contributed by atoms with van der Waals surface area (Å²) in [6.07, 6.45) is 0. The van der Waals surface area contributed by atoms with Crippen molar-refractivity contribution in [3.8, 4) is 6.07 Å². The standard InChI is InChI=1S/C12H14N2O2S/c1-7-4-8(2)12-10(5-7)14-9(3)11(6-13)17(12,15)16/h4-5,9,11,14H,1-3H3. The average molecular weight is 250 g/mol. The van der Waals surface area contributed by atoms with E-state index in [1.807, 2.05) is 25.1 Å². The molecule has 4 nitrogen and oxygen atoms in total. The quantitative estimate of drug-likeness (QED) is 0.762. The minimum absolute atomic E-state index is 0.271. The second kappa shape index (κ2) is 3.74.